The Hall–Kier alpha value is -1.98. The quantitative estimate of drug-likeness (QED) is 0.931. The van der Waals surface area contributed by atoms with Crippen LogP contribution in [0.25, 0.3) is 11.1 Å². The molecule has 0 spiro atoms. The maximum atomic E-state index is 9.26. The van der Waals surface area contributed by atoms with Crippen molar-refractivity contribution in [2.45, 2.75) is 13.5 Å². The van der Waals surface area contributed by atoms with Crippen molar-refractivity contribution in [3.63, 3.8) is 0 Å². The van der Waals surface area contributed by atoms with Crippen molar-refractivity contribution >= 4 is 5.95 Å². The van der Waals surface area contributed by atoms with Gasteiger partial charge in [-0.2, -0.15) is 0 Å². The summed E-state index contributed by atoms with van der Waals surface area (Å²) >= 11 is 0. The van der Waals surface area contributed by atoms with Crippen molar-refractivity contribution in [2.24, 2.45) is 0 Å². The lowest BCUT2D eigenvalue weighted by Gasteiger charge is -2.26. The first-order valence-corrected chi connectivity index (χ1v) is 7.13. The Morgan fingerprint density at radius 3 is 2.57 bits per heavy atom. The number of aryl methyl sites for hydroxylation is 1. The van der Waals surface area contributed by atoms with Crippen LogP contribution in [0.2, 0.25) is 0 Å². The van der Waals surface area contributed by atoms with Gasteiger partial charge in [0, 0.05) is 31.0 Å². The molecule has 1 N–H and O–H groups in total. The normalized spacial score (nSPS) is 15.2. The summed E-state index contributed by atoms with van der Waals surface area (Å²) in [6, 6.07) is 5.93. The Morgan fingerprint density at radius 2 is 1.90 bits per heavy atom. The first kappa shape index (κ1) is 14.0. The number of hydrogen-bond donors (Lipinski definition) is 1. The molecule has 1 aromatic carbocycles. The van der Waals surface area contributed by atoms with Crippen molar-refractivity contribution in [1.82, 2.24) is 9.97 Å². The SMILES string of the molecule is Cc1ccc(CO)cc1-c1cnc(N2CCOCC2)nc1. The van der Waals surface area contributed by atoms with Gasteiger partial charge in [0.05, 0.1) is 19.8 Å². The topological polar surface area (TPSA) is 58.5 Å². The third-order valence-electron chi connectivity index (χ3n) is 3.73. The molecule has 0 unspecified atom stereocenters. The van der Waals surface area contributed by atoms with Gasteiger partial charge in [-0.3, -0.25) is 0 Å². The van der Waals surface area contributed by atoms with E-state index in [1.807, 2.05) is 37.5 Å². The maximum Gasteiger partial charge on any atom is 0.225 e. The number of aromatic nitrogens is 2. The molecule has 1 aromatic heterocycles. The molecule has 2 heterocycles. The van der Waals surface area contributed by atoms with Crippen LogP contribution in [0, 0.1) is 6.92 Å². The summed E-state index contributed by atoms with van der Waals surface area (Å²) in [6.07, 6.45) is 3.70. The third-order valence-corrected chi connectivity index (χ3v) is 3.73. The summed E-state index contributed by atoms with van der Waals surface area (Å²) in [6.45, 7) is 5.20. The Labute approximate surface area is 124 Å². The monoisotopic (exact) mass is 285 g/mol. The molecule has 0 atom stereocenters. The minimum Gasteiger partial charge on any atom is -0.392 e. The van der Waals surface area contributed by atoms with Gasteiger partial charge in [-0.1, -0.05) is 12.1 Å². The second-order valence-electron chi connectivity index (χ2n) is 5.18. The largest absolute Gasteiger partial charge is 0.392 e. The van der Waals surface area contributed by atoms with E-state index in [0.29, 0.717) is 0 Å². The minimum absolute atomic E-state index is 0.0417. The standard InChI is InChI=1S/C16H19N3O2/c1-12-2-3-13(11-20)8-15(12)14-9-17-16(18-10-14)19-4-6-21-7-5-19/h2-3,8-10,20H,4-7,11H2,1H3. The smallest absolute Gasteiger partial charge is 0.225 e. The highest BCUT2D eigenvalue weighted by molar-refractivity contribution is 5.66. The molecule has 1 aliphatic rings. The summed E-state index contributed by atoms with van der Waals surface area (Å²) in [7, 11) is 0. The Morgan fingerprint density at radius 1 is 1.19 bits per heavy atom. The lowest BCUT2D eigenvalue weighted by molar-refractivity contribution is 0.122. The number of nitrogens with zero attached hydrogens (tertiary/aromatic N) is 3. The van der Waals surface area contributed by atoms with Crippen LogP contribution >= 0.6 is 0 Å². The van der Waals surface area contributed by atoms with Gasteiger partial charge in [0.1, 0.15) is 0 Å². The molecule has 5 nitrogen and oxygen atoms in total. The van der Waals surface area contributed by atoms with Gasteiger partial charge < -0.3 is 14.7 Å². The second-order valence-corrected chi connectivity index (χ2v) is 5.18. The van der Waals surface area contributed by atoms with Gasteiger partial charge in [-0.25, -0.2) is 9.97 Å². The molecule has 0 radical (unpaired) electrons. The lowest BCUT2D eigenvalue weighted by Crippen LogP contribution is -2.37. The van der Waals surface area contributed by atoms with E-state index in [-0.39, 0.29) is 6.61 Å². The van der Waals surface area contributed by atoms with E-state index >= 15 is 0 Å². The van der Waals surface area contributed by atoms with Gasteiger partial charge in [0.15, 0.2) is 0 Å². The molecule has 5 heteroatoms. The van der Waals surface area contributed by atoms with Crippen LogP contribution in [0.4, 0.5) is 5.95 Å². The molecule has 3 rings (SSSR count). The van der Waals surface area contributed by atoms with Crippen LogP contribution in [0.5, 0.6) is 0 Å². The molecule has 0 amide bonds. The number of aliphatic hydroxyl groups is 1. The Bertz CT molecular complexity index is 607. The predicted molar refractivity (Wildman–Crippen MR) is 81.2 cm³/mol. The highest BCUT2D eigenvalue weighted by Crippen LogP contribution is 2.24. The summed E-state index contributed by atoms with van der Waals surface area (Å²) in [4.78, 5) is 11.1. The fourth-order valence-electron chi connectivity index (χ4n) is 2.47. The van der Waals surface area contributed by atoms with Gasteiger partial charge in [0.25, 0.3) is 0 Å². The van der Waals surface area contributed by atoms with E-state index in [0.717, 1.165) is 54.5 Å². The highest BCUT2D eigenvalue weighted by atomic mass is 16.5. The number of morpholine rings is 1. The Kier molecular flexibility index (Phi) is 4.13. The zero-order valence-corrected chi connectivity index (χ0v) is 12.1. The van der Waals surface area contributed by atoms with Crippen LogP contribution in [0.1, 0.15) is 11.1 Å². The first-order chi connectivity index (χ1) is 10.3. The summed E-state index contributed by atoms with van der Waals surface area (Å²) < 4.78 is 5.33. The van der Waals surface area contributed by atoms with Crippen molar-refractivity contribution in [2.75, 3.05) is 31.2 Å². The highest BCUT2D eigenvalue weighted by Gasteiger charge is 2.14. The molecule has 2 aromatic rings. The van der Waals surface area contributed by atoms with Crippen molar-refractivity contribution in [3.05, 3.63) is 41.7 Å². The average molecular weight is 285 g/mol. The third kappa shape index (κ3) is 3.04. The molecule has 0 saturated carbocycles. The number of hydrogen-bond acceptors (Lipinski definition) is 5. The number of aliphatic hydroxyl groups excluding tert-OH is 1. The van der Waals surface area contributed by atoms with Crippen LogP contribution in [-0.2, 0) is 11.3 Å². The number of anilines is 1. The van der Waals surface area contributed by atoms with E-state index in [2.05, 4.69) is 14.9 Å². The summed E-state index contributed by atoms with van der Waals surface area (Å²) in [5, 5.41) is 9.26. The molecule has 0 aliphatic carbocycles. The second kappa shape index (κ2) is 6.20. The van der Waals surface area contributed by atoms with Gasteiger partial charge >= 0.3 is 0 Å². The van der Waals surface area contributed by atoms with Crippen molar-refractivity contribution < 1.29 is 9.84 Å². The molecule has 110 valence electrons. The van der Waals surface area contributed by atoms with Crippen molar-refractivity contribution in [1.29, 1.82) is 0 Å². The zero-order chi connectivity index (χ0) is 14.7. The fraction of sp³-hybridized carbons (Fsp3) is 0.375. The van der Waals surface area contributed by atoms with Gasteiger partial charge in [-0.15, -0.1) is 0 Å². The maximum absolute atomic E-state index is 9.26. The molecule has 1 fully saturated rings. The Balaban J connectivity index is 1.86. The number of rotatable bonds is 3. The number of benzene rings is 1. The van der Waals surface area contributed by atoms with Crippen LogP contribution in [0.15, 0.2) is 30.6 Å². The molecular weight excluding hydrogens is 266 g/mol. The van der Waals surface area contributed by atoms with E-state index < -0.39 is 0 Å². The predicted octanol–water partition coefficient (Wildman–Crippen LogP) is 1.78. The summed E-state index contributed by atoms with van der Waals surface area (Å²) in [5.41, 5.74) is 4.08. The molecule has 1 aliphatic heterocycles. The minimum atomic E-state index is 0.0417. The summed E-state index contributed by atoms with van der Waals surface area (Å²) in [5.74, 6) is 0.748. The first-order valence-electron chi connectivity index (χ1n) is 7.13. The van der Waals surface area contributed by atoms with E-state index in [4.69, 9.17) is 4.74 Å². The van der Waals surface area contributed by atoms with E-state index in [1.54, 1.807) is 0 Å². The zero-order valence-electron chi connectivity index (χ0n) is 12.1. The van der Waals surface area contributed by atoms with Gasteiger partial charge in [-0.05, 0) is 29.7 Å². The molecular formula is C16H19N3O2. The fourth-order valence-corrected chi connectivity index (χ4v) is 2.47. The van der Waals surface area contributed by atoms with Crippen molar-refractivity contribution in [3.8, 4) is 11.1 Å². The van der Waals surface area contributed by atoms with Crippen LogP contribution < -0.4 is 4.90 Å². The average Bonchev–Trinajstić information content (AvgIpc) is 2.56. The molecule has 21 heavy (non-hydrogen) atoms. The van der Waals surface area contributed by atoms with E-state index in [9.17, 15) is 5.11 Å². The lowest BCUT2D eigenvalue weighted by atomic mass is 10.0. The van der Waals surface area contributed by atoms with Gasteiger partial charge in [0.2, 0.25) is 5.95 Å². The molecule has 1 saturated heterocycles. The molecule has 0 bridgehead atoms. The van der Waals surface area contributed by atoms with E-state index in [1.165, 1.54) is 0 Å². The van der Waals surface area contributed by atoms with Crippen LogP contribution in [0.3, 0.4) is 0 Å². The number of ether oxygens (including phenoxy) is 1. The van der Waals surface area contributed by atoms with Crippen LogP contribution in [-0.4, -0.2) is 41.4 Å².